The van der Waals surface area contributed by atoms with Crippen LogP contribution in [0.25, 0.3) is 0 Å². The largest absolute Gasteiger partial charge is 0.495 e. The molecule has 21 heavy (non-hydrogen) atoms. The molecule has 0 aliphatic carbocycles. The number of nitrogens with zero attached hydrogens (tertiary/aromatic N) is 2. The SMILES string of the molecule is COc1ccc(CN2CCC(OCCO)CC2)cc1C#N. The molecule has 0 saturated carbocycles. The minimum absolute atomic E-state index is 0.0863. The predicted molar refractivity (Wildman–Crippen MR) is 79.0 cm³/mol. The number of likely N-dealkylation sites (tertiary alicyclic amines) is 1. The average molecular weight is 290 g/mol. The van der Waals surface area contributed by atoms with Gasteiger partial charge in [-0.05, 0) is 30.5 Å². The maximum absolute atomic E-state index is 9.12. The molecule has 1 aromatic rings. The monoisotopic (exact) mass is 290 g/mol. The summed E-state index contributed by atoms with van der Waals surface area (Å²) < 4.78 is 10.7. The number of nitriles is 1. The van der Waals surface area contributed by atoms with E-state index in [2.05, 4.69) is 11.0 Å². The van der Waals surface area contributed by atoms with Gasteiger partial charge in [-0.1, -0.05) is 6.07 Å². The van der Waals surface area contributed by atoms with E-state index in [1.165, 1.54) is 0 Å². The molecule has 1 aromatic carbocycles. The standard InChI is InChI=1S/C16H22N2O3/c1-20-16-3-2-13(10-14(16)11-17)12-18-6-4-15(5-7-18)21-9-8-19/h2-3,10,15,19H,4-9,12H2,1H3. The quantitative estimate of drug-likeness (QED) is 0.861. The molecule has 2 rings (SSSR count). The Morgan fingerprint density at radius 3 is 2.76 bits per heavy atom. The van der Waals surface area contributed by atoms with Crippen LogP contribution in [0.15, 0.2) is 18.2 Å². The summed E-state index contributed by atoms with van der Waals surface area (Å²) in [5.74, 6) is 0.623. The van der Waals surface area contributed by atoms with Crippen LogP contribution in [0.1, 0.15) is 24.0 Å². The molecule has 5 heteroatoms. The van der Waals surface area contributed by atoms with Crippen molar-refractivity contribution in [2.24, 2.45) is 0 Å². The van der Waals surface area contributed by atoms with Gasteiger partial charge in [0.25, 0.3) is 0 Å². The van der Waals surface area contributed by atoms with Gasteiger partial charge in [0.15, 0.2) is 0 Å². The van der Waals surface area contributed by atoms with E-state index in [9.17, 15) is 0 Å². The number of rotatable bonds is 6. The van der Waals surface area contributed by atoms with Gasteiger partial charge >= 0.3 is 0 Å². The number of hydrogen-bond donors (Lipinski definition) is 1. The van der Waals surface area contributed by atoms with E-state index in [1.807, 2.05) is 18.2 Å². The highest BCUT2D eigenvalue weighted by atomic mass is 16.5. The van der Waals surface area contributed by atoms with Crippen molar-refractivity contribution in [2.75, 3.05) is 33.4 Å². The van der Waals surface area contributed by atoms with Crippen LogP contribution in [-0.2, 0) is 11.3 Å². The first-order valence-corrected chi connectivity index (χ1v) is 7.28. The Bertz CT molecular complexity index is 491. The topological polar surface area (TPSA) is 65.7 Å². The molecule has 114 valence electrons. The highest BCUT2D eigenvalue weighted by Gasteiger charge is 2.19. The zero-order valence-corrected chi connectivity index (χ0v) is 12.4. The third kappa shape index (κ3) is 4.43. The molecule has 0 unspecified atom stereocenters. The third-order valence-corrected chi connectivity index (χ3v) is 3.77. The maximum atomic E-state index is 9.12. The van der Waals surface area contributed by atoms with Crippen LogP contribution in [0.2, 0.25) is 0 Å². The van der Waals surface area contributed by atoms with Crippen molar-refractivity contribution in [3.05, 3.63) is 29.3 Å². The Morgan fingerprint density at radius 2 is 2.14 bits per heavy atom. The Morgan fingerprint density at radius 1 is 1.38 bits per heavy atom. The van der Waals surface area contributed by atoms with Gasteiger partial charge in [-0.2, -0.15) is 5.26 Å². The fourth-order valence-corrected chi connectivity index (χ4v) is 2.65. The summed E-state index contributed by atoms with van der Waals surface area (Å²) in [6.45, 7) is 3.30. The van der Waals surface area contributed by atoms with E-state index in [-0.39, 0.29) is 12.7 Å². The van der Waals surface area contributed by atoms with Crippen molar-refractivity contribution in [1.82, 2.24) is 4.90 Å². The molecule has 1 aliphatic heterocycles. The zero-order chi connectivity index (χ0) is 15.1. The highest BCUT2D eigenvalue weighted by Crippen LogP contribution is 2.21. The highest BCUT2D eigenvalue weighted by molar-refractivity contribution is 5.45. The van der Waals surface area contributed by atoms with Gasteiger partial charge in [0.1, 0.15) is 11.8 Å². The van der Waals surface area contributed by atoms with Gasteiger partial charge < -0.3 is 14.6 Å². The summed E-state index contributed by atoms with van der Waals surface area (Å²) in [7, 11) is 1.58. The summed E-state index contributed by atoms with van der Waals surface area (Å²) in [5, 5.41) is 17.9. The molecule has 0 spiro atoms. The lowest BCUT2D eigenvalue weighted by molar-refractivity contribution is -0.00901. The van der Waals surface area contributed by atoms with E-state index in [0.717, 1.165) is 38.0 Å². The Balaban J connectivity index is 1.87. The molecule has 1 fully saturated rings. The molecule has 0 amide bonds. The number of aliphatic hydroxyl groups is 1. The van der Waals surface area contributed by atoms with Crippen molar-refractivity contribution in [3.63, 3.8) is 0 Å². The van der Waals surface area contributed by atoms with Crippen molar-refractivity contribution < 1.29 is 14.6 Å². The third-order valence-electron chi connectivity index (χ3n) is 3.77. The van der Waals surface area contributed by atoms with Crippen LogP contribution in [0.5, 0.6) is 5.75 Å². The van der Waals surface area contributed by atoms with Crippen LogP contribution in [0, 0.1) is 11.3 Å². The van der Waals surface area contributed by atoms with Gasteiger partial charge in [-0.3, -0.25) is 4.90 Å². The molecule has 1 saturated heterocycles. The van der Waals surface area contributed by atoms with Crippen molar-refractivity contribution in [2.45, 2.75) is 25.5 Å². The minimum Gasteiger partial charge on any atom is -0.495 e. The van der Waals surface area contributed by atoms with E-state index in [1.54, 1.807) is 7.11 Å². The van der Waals surface area contributed by atoms with Gasteiger partial charge in [-0.25, -0.2) is 0 Å². The van der Waals surface area contributed by atoms with Crippen LogP contribution in [0.4, 0.5) is 0 Å². The number of piperidine rings is 1. The van der Waals surface area contributed by atoms with E-state index >= 15 is 0 Å². The minimum atomic E-state index is 0.0863. The first-order valence-electron chi connectivity index (χ1n) is 7.28. The van der Waals surface area contributed by atoms with Gasteiger partial charge in [0, 0.05) is 19.6 Å². The molecular weight excluding hydrogens is 268 g/mol. The second-order valence-corrected chi connectivity index (χ2v) is 5.22. The number of ether oxygens (including phenoxy) is 2. The van der Waals surface area contributed by atoms with Gasteiger partial charge in [0.2, 0.25) is 0 Å². The van der Waals surface area contributed by atoms with Gasteiger partial charge in [-0.15, -0.1) is 0 Å². The maximum Gasteiger partial charge on any atom is 0.136 e. The summed E-state index contributed by atoms with van der Waals surface area (Å²) in [4.78, 5) is 2.36. The van der Waals surface area contributed by atoms with Crippen LogP contribution in [0.3, 0.4) is 0 Å². The lowest BCUT2D eigenvalue weighted by Gasteiger charge is -2.31. The van der Waals surface area contributed by atoms with E-state index < -0.39 is 0 Å². The molecule has 0 bridgehead atoms. The van der Waals surface area contributed by atoms with Crippen LogP contribution >= 0.6 is 0 Å². The Kier molecular flexibility index (Phi) is 6.00. The fraction of sp³-hybridized carbons (Fsp3) is 0.562. The number of methoxy groups -OCH3 is 1. The van der Waals surface area contributed by atoms with Crippen molar-refractivity contribution in [3.8, 4) is 11.8 Å². The predicted octanol–water partition coefficient (Wildman–Crippen LogP) is 1.54. The lowest BCUT2D eigenvalue weighted by Crippen LogP contribution is -2.36. The second kappa shape index (κ2) is 7.99. The van der Waals surface area contributed by atoms with Crippen LogP contribution < -0.4 is 4.74 Å². The summed E-state index contributed by atoms with van der Waals surface area (Å²) in [6, 6.07) is 7.92. The van der Waals surface area contributed by atoms with E-state index in [0.29, 0.717) is 17.9 Å². The molecule has 0 aromatic heterocycles. The molecule has 0 atom stereocenters. The molecule has 0 radical (unpaired) electrons. The molecular formula is C16H22N2O3. The summed E-state index contributed by atoms with van der Waals surface area (Å²) >= 11 is 0. The number of benzene rings is 1. The Labute approximate surface area is 125 Å². The number of aliphatic hydroxyl groups excluding tert-OH is 1. The Hall–Kier alpha value is -1.61. The first-order chi connectivity index (χ1) is 10.3. The van der Waals surface area contributed by atoms with E-state index in [4.69, 9.17) is 19.8 Å². The average Bonchev–Trinajstić information content (AvgIpc) is 2.54. The first kappa shape index (κ1) is 15.8. The van der Waals surface area contributed by atoms with Gasteiger partial charge in [0.05, 0.1) is 32.0 Å². The van der Waals surface area contributed by atoms with Crippen molar-refractivity contribution >= 4 is 0 Å². The molecule has 1 heterocycles. The molecule has 1 aliphatic rings. The molecule has 1 N–H and O–H groups in total. The second-order valence-electron chi connectivity index (χ2n) is 5.22. The summed E-state index contributed by atoms with van der Waals surface area (Å²) in [6.07, 6.45) is 2.24. The van der Waals surface area contributed by atoms with Crippen LogP contribution in [-0.4, -0.2) is 49.5 Å². The smallest absolute Gasteiger partial charge is 0.136 e. The summed E-state index contributed by atoms with van der Waals surface area (Å²) in [5.41, 5.74) is 1.71. The lowest BCUT2D eigenvalue weighted by atomic mass is 10.1. The van der Waals surface area contributed by atoms with Crippen molar-refractivity contribution in [1.29, 1.82) is 5.26 Å². The number of hydrogen-bond acceptors (Lipinski definition) is 5. The molecule has 5 nitrogen and oxygen atoms in total. The zero-order valence-electron chi connectivity index (χ0n) is 12.4. The fourth-order valence-electron chi connectivity index (χ4n) is 2.65. The normalized spacial score (nSPS) is 16.6.